The van der Waals surface area contributed by atoms with E-state index in [0.29, 0.717) is 18.0 Å². The van der Waals surface area contributed by atoms with Crippen LogP contribution < -0.4 is 5.32 Å². The lowest BCUT2D eigenvalue weighted by Gasteiger charge is -2.12. The number of hydrogen-bond acceptors (Lipinski definition) is 4. The molecule has 2 rings (SSSR count). The second-order valence-electron chi connectivity index (χ2n) is 4.64. The molecule has 1 N–H and O–H groups in total. The van der Waals surface area contributed by atoms with Crippen LogP contribution in [0, 0.1) is 16.3 Å². The molecular weight excluding hydrogens is 384 g/mol. The van der Waals surface area contributed by atoms with E-state index in [1.165, 1.54) is 12.1 Å². The molecule has 6 heteroatoms. The van der Waals surface area contributed by atoms with Crippen molar-refractivity contribution in [3.8, 4) is 11.4 Å². The third kappa shape index (κ3) is 3.88. The zero-order valence-corrected chi connectivity index (χ0v) is 14.4. The molecule has 0 fully saturated rings. The number of ether oxygens (including phenoxy) is 1. The summed E-state index contributed by atoms with van der Waals surface area (Å²) in [6, 6.07) is 4.80. The molecule has 2 aromatic rings. The maximum absolute atomic E-state index is 13.6. The van der Waals surface area contributed by atoms with Crippen LogP contribution in [0.25, 0.3) is 11.4 Å². The molecule has 1 heterocycles. The maximum atomic E-state index is 13.6. The number of aromatic nitrogens is 2. The van der Waals surface area contributed by atoms with Gasteiger partial charge in [0, 0.05) is 19.2 Å². The van der Waals surface area contributed by atoms with E-state index in [1.807, 2.05) is 19.9 Å². The molecule has 0 radical (unpaired) electrons. The van der Waals surface area contributed by atoms with E-state index in [2.05, 4.69) is 37.9 Å². The average Bonchev–Trinajstić information content (AvgIpc) is 2.42. The summed E-state index contributed by atoms with van der Waals surface area (Å²) in [5, 5.41) is 3.21. The molecule has 112 valence electrons. The van der Waals surface area contributed by atoms with Crippen molar-refractivity contribution in [2.45, 2.75) is 20.5 Å². The molecular formula is C15H17FIN3O. The number of anilines is 1. The minimum atomic E-state index is -0.287. The van der Waals surface area contributed by atoms with Crippen LogP contribution in [0.4, 0.5) is 10.2 Å². The molecule has 0 atom stereocenters. The van der Waals surface area contributed by atoms with E-state index in [9.17, 15) is 4.39 Å². The molecule has 0 saturated carbocycles. The highest BCUT2D eigenvalue weighted by molar-refractivity contribution is 14.1. The molecule has 1 aromatic heterocycles. The fraction of sp³-hybridized carbons (Fsp3) is 0.333. The molecule has 0 spiro atoms. The molecule has 4 nitrogen and oxygen atoms in total. The van der Waals surface area contributed by atoms with Crippen LogP contribution in [0.2, 0.25) is 0 Å². The summed E-state index contributed by atoms with van der Waals surface area (Å²) in [7, 11) is 1.62. The van der Waals surface area contributed by atoms with Crippen LogP contribution in [-0.4, -0.2) is 23.6 Å². The van der Waals surface area contributed by atoms with Gasteiger partial charge in [0.25, 0.3) is 0 Å². The zero-order valence-electron chi connectivity index (χ0n) is 12.2. The van der Waals surface area contributed by atoms with Crippen molar-refractivity contribution in [3.63, 3.8) is 0 Å². The highest BCUT2D eigenvalue weighted by atomic mass is 127. The molecule has 0 aliphatic heterocycles. The topological polar surface area (TPSA) is 47.0 Å². The maximum Gasteiger partial charge on any atom is 0.162 e. The van der Waals surface area contributed by atoms with Crippen molar-refractivity contribution in [3.05, 3.63) is 38.8 Å². The predicted molar refractivity (Wildman–Crippen MR) is 89.8 cm³/mol. The van der Waals surface area contributed by atoms with Gasteiger partial charge >= 0.3 is 0 Å². The summed E-state index contributed by atoms with van der Waals surface area (Å²) in [6.45, 7) is 4.99. The Morgan fingerprint density at radius 2 is 2.05 bits per heavy atom. The van der Waals surface area contributed by atoms with Crippen LogP contribution in [0.1, 0.15) is 18.2 Å². The number of nitrogens with one attached hydrogen (secondary N) is 1. The van der Waals surface area contributed by atoms with E-state index in [0.717, 1.165) is 27.2 Å². The first-order valence-corrected chi connectivity index (χ1v) is 7.69. The standard InChI is InChI=1S/C15H17FIN3O/c1-4-18-15-13(17)12(8-21-3)19-14(20-15)10-5-9(2)6-11(16)7-10/h5-7H,4,8H2,1-3H3,(H,18,19,20). The van der Waals surface area contributed by atoms with Gasteiger partial charge in [-0.25, -0.2) is 14.4 Å². The molecule has 0 aliphatic carbocycles. The molecule has 0 bridgehead atoms. The van der Waals surface area contributed by atoms with Gasteiger partial charge in [-0.15, -0.1) is 0 Å². The summed E-state index contributed by atoms with van der Waals surface area (Å²) in [5.74, 6) is 0.962. The molecule has 0 saturated heterocycles. The van der Waals surface area contributed by atoms with Crippen molar-refractivity contribution >= 4 is 28.4 Å². The van der Waals surface area contributed by atoms with E-state index in [1.54, 1.807) is 7.11 Å². The van der Waals surface area contributed by atoms with Crippen LogP contribution in [0.15, 0.2) is 18.2 Å². The lowest BCUT2D eigenvalue weighted by atomic mass is 10.1. The highest BCUT2D eigenvalue weighted by Crippen LogP contribution is 2.25. The fourth-order valence-corrected chi connectivity index (χ4v) is 2.59. The normalized spacial score (nSPS) is 10.7. The van der Waals surface area contributed by atoms with Crippen LogP contribution >= 0.6 is 22.6 Å². The first kappa shape index (κ1) is 16.1. The Hall–Kier alpha value is -1.28. The smallest absolute Gasteiger partial charge is 0.162 e. The van der Waals surface area contributed by atoms with Crippen LogP contribution in [-0.2, 0) is 11.3 Å². The Labute approximate surface area is 137 Å². The highest BCUT2D eigenvalue weighted by Gasteiger charge is 2.13. The van der Waals surface area contributed by atoms with Gasteiger partial charge in [0.1, 0.15) is 11.6 Å². The third-order valence-corrected chi connectivity index (χ3v) is 3.98. The largest absolute Gasteiger partial charge is 0.378 e. The number of benzene rings is 1. The van der Waals surface area contributed by atoms with Crippen LogP contribution in [0.3, 0.4) is 0 Å². The Kier molecular flexibility index (Phi) is 5.46. The third-order valence-electron chi connectivity index (χ3n) is 2.85. The number of halogens is 2. The minimum Gasteiger partial charge on any atom is -0.378 e. The Bertz CT molecular complexity index is 602. The van der Waals surface area contributed by atoms with Crippen molar-refractivity contribution in [1.29, 1.82) is 0 Å². The first-order chi connectivity index (χ1) is 10.0. The molecule has 0 aliphatic rings. The fourth-order valence-electron chi connectivity index (χ4n) is 2.01. The summed E-state index contributed by atoms with van der Waals surface area (Å²) in [4.78, 5) is 9.01. The van der Waals surface area contributed by atoms with Gasteiger partial charge < -0.3 is 10.1 Å². The summed E-state index contributed by atoms with van der Waals surface area (Å²) in [6.07, 6.45) is 0. The number of aryl methyl sites for hydroxylation is 1. The minimum absolute atomic E-state index is 0.287. The van der Waals surface area contributed by atoms with Crippen molar-refractivity contribution < 1.29 is 9.13 Å². The quantitative estimate of drug-likeness (QED) is 0.775. The van der Waals surface area contributed by atoms with Crippen LogP contribution in [0.5, 0.6) is 0 Å². The number of hydrogen-bond donors (Lipinski definition) is 1. The van der Waals surface area contributed by atoms with E-state index < -0.39 is 0 Å². The average molecular weight is 401 g/mol. The second kappa shape index (κ2) is 7.13. The molecule has 0 unspecified atom stereocenters. The first-order valence-electron chi connectivity index (χ1n) is 6.62. The zero-order chi connectivity index (χ0) is 15.4. The van der Waals surface area contributed by atoms with Gasteiger partial charge in [-0.2, -0.15) is 0 Å². The molecule has 1 aromatic carbocycles. The van der Waals surface area contributed by atoms with Crippen molar-refractivity contribution in [1.82, 2.24) is 9.97 Å². The lowest BCUT2D eigenvalue weighted by Crippen LogP contribution is -2.08. The van der Waals surface area contributed by atoms with Gasteiger partial charge in [-0.3, -0.25) is 0 Å². The lowest BCUT2D eigenvalue weighted by molar-refractivity contribution is 0.181. The molecule has 21 heavy (non-hydrogen) atoms. The summed E-state index contributed by atoms with van der Waals surface area (Å²) < 4.78 is 19.7. The Morgan fingerprint density at radius 1 is 1.29 bits per heavy atom. The number of nitrogens with zero attached hydrogens (tertiary/aromatic N) is 2. The van der Waals surface area contributed by atoms with Gasteiger partial charge in [0.15, 0.2) is 5.82 Å². The summed E-state index contributed by atoms with van der Waals surface area (Å²) >= 11 is 2.20. The SMILES string of the molecule is CCNc1nc(-c2cc(C)cc(F)c2)nc(COC)c1I. The van der Waals surface area contributed by atoms with E-state index in [-0.39, 0.29) is 5.82 Å². The second-order valence-corrected chi connectivity index (χ2v) is 5.72. The van der Waals surface area contributed by atoms with Crippen molar-refractivity contribution in [2.24, 2.45) is 0 Å². The Morgan fingerprint density at radius 3 is 2.67 bits per heavy atom. The van der Waals surface area contributed by atoms with Gasteiger partial charge in [0.2, 0.25) is 0 Å². The summed E-state index contributed by atoms with van der Waals surface area (Å²) in [5.41, 5.74) is 2.30. The Balaban J connectivity index is 2.56. The van der Waals surface area contributed by atoms with Crippen molar-refractivity contribution in [2.75, 3.05) is 19.0 Å². The van der Waals surface area contributed by atoms with E-state index >= 15 is 0 Å². The number of rotatable bonds is 5. The number of methoxy groups -OCH3 is 1. The van der Waals surface area contributed by atoms with E-state index in [4.69, 9.17) is 4.74 Å². The van der Waals surface area contributed by atoms with Gasteiger partial charge in [0.05, 0.1) is 15.9 Å². The van der Waals surface area contributed by atoms with Gasteiger partial charge in [-0.1, -0.05) is 0 Å². The predicted octanol–water partition coefficient (Wildman–Crippen LogP) is 3.77. The molecule has 0 amide bonds. The monoisotopic (exact) mass is 401 g/mol. The van der Waals surface area contributed by atoms with Gasteiger partial charge in [-0.05, 0) is 60.2 Å².